The summed E-state index contributed by atoms with van der Waals surface area (Å²) in [5.41, 5.74) is 9.03. The van der Waals surface area contributed by atoms with E-state index in [0.717, 1.165) is 56.9 Å². The van der Waals surface area contributed by atoms with Crippen LogP contribution in [0.2, 0.25) is 0 Å². The van der Waals surface area contributed by atoms with Crippen LogP contribution in [0, 0.1) is 5.92 Å². The van der Waals surface area contributed by atoms with Gasteiger partial charge in [0.05, 0.1) is 20.1 Å². The van der Waals surface area contributed by atoms with Gasteiger partial charge in [0.25, 0.3) is 0 Å². The second-order valence-corrected chi connectivity index (χ2v) is 7.35. The van der Waals surface area contributed by atoms with E-state index in [1.54, 1.807) is 14.2 Å². The molecule has 3 atom stereocenters. The van der Waals surface area contributed by atoms with Gasteiger partial charge in [-0.05, 0) is 42.5 Å². The number of carbonyl (C=O) groups excluding carboxylic acids is 1. The number of nitrogens with two attached hydrogens (primary N) is 1. The molecule has 0 aromatic heterocycles. The van der Waals surface area contributed by atoms with E-state index in [-0.39, 0.29) is 23.9 Å². The maximum Gasteiger partial charge on any atom is 0.228 e. The molecule has 4 rings (SSSR count). The Labute approximate surface area is 148 Å². The summed E-state index contributed by atoms with van der Waals surface area (Å²) in [5, 5.41) is 0. The quantitative estimate of drug-likeness (QED) is 0.891. The van der Waals surface area contributed by atoms with E-state index in [1.807, 2.05) is 4.90 Å². The topological polar surface area (TPSA) is 68.0 Å². The van der Waals surface area contributed by atoms with Crippen LogP contribution in [0.15, 0.2) is 12.1 Å². The summed E-state index contributed by atoms with van der Waals surface area (Å²) in [4.78, 5) is 17.1. The number of piperidine rings is 1. The molecular weight excluding hydrogens is 318 g/mol. The summed E-state index contributed by atoms with van der Waals surface area (Å²) in [5.74, 6) is 1.71. The summed E-state index contributed by atoms with van der Waals surface area (Å²) in [6, 6.07) is 4.36. The molecule has 136 valence electrons. The van der Waals surface area contributed by atoms with Crippen LogP contribution >= 0.6 is 0 Å². The lowest BCUT2D eigenvalue weighted by atomic mass is 9.80. The second-order valence-electron chi connectivity index (χ2n) is 7.35. The highest BCUT2D eigenvalue weighted by atomic mass is 16.5. The van der Waals surface area contributed by atoms with Crippen molar-refractivity contribution in [2.24, 2.45) is 11.7 Å². The lowest BCUT2D eigenvalue weighted by Crippen LogP contribution is -2.58. The van der Waals surface area contributed by atoms with Crippen LogP contribution < -0.4 is 15.2 Å². The molecule has 2 fully saturated rings. The van der Waals surface area contributed by atoms with Gasteiger partial charge >= 0.3 is 0 Å². The van der Waals surface area contributed by atoms with E-state index >= 15 is 0 Å². The van der Waals surface area contributed by atoms with Crippen molar-refractivity contribution in [3.8, 4) is 11.5 Å². The minimum atomic E-state index is -0.0894. The van der Waals surface area contributed by atoms with Crippen LogP contribution in [-0.2, 0) is 11.2 Å². The fourth-order valence-electron chi connectivity index (χ4n) is 4.42. The SMILES string of the molecule is COc1cc2c(cc1OC)[C@@H]1C[C@H](N)[C@@H](C(=O)N3CCC3)CN1CC2. The molecule has 1 aromatic carbocycles. The van der Waals surface area contributed by atoms with Gasteiger partial charge in [0.1, 0.15) is 0 Å². The Hall–Kier alpha value is -1.79. The zero-order valence-electron chi connectivity index (χ0n) is 15.0. The van der Waals surface area contributed by atoms with E-state index in [2.05, 4.69) is 17.0 Å². The van der Waals surface area contributed by atoms with Crippen molar-refractivity contribution in [1.82, 2.24) is 9.80 Å². The summed E-state index contributed by atoms with van der Waals surface area (Å²) in [6.45, 7) is 3.51. The molecule has 0 unspecified atom stereocenters. The normalized spacial score (nSPS) is 28.6. The first-order valence-electron chi connectivity index (χ1n) is 9.15. The standard InChI is InChI=1S/C19H27N3O3/c1-24-17-8-12-4-7-22-11-14(19(23)21-5-3-6-21)15(20)10-16(22)13(12)9-18(17)25-2/h8-9,14-16H,3-7,10-11,20H2,1-2H3/t14-,15-,16-/m0/s1. The highest BCUT2D eigenvalue weighted by Crippen LogP contribution is 2.42. The van der Waals surface area contributed by atoms with Gasteiger partial charge in [-0.25, -0.2) is 0 Å². The molecule has 1 aromatic rings. The molecule has 1 amide bonds. The van der Waals surface area contributed by atoms with Gasteiger partial charge in [-0.3, -0.25) is 9.69 Å². The molecule has 0 spiro atoms. The molecule has 0 radical (unpaired) electrons. The third-order valence-electron chi connectivity index (χ3n) is 6.04. The number of carbonyl (C=O) groups is 1. The Bertz CT molecular complexity index is 674. The van der Waals surface area contributed by atoms with E-state index in [1.165, 1.54) is 11.1 Å². The average Bonchev–Trinajstić information content (AvgIpc) is 2.58. The van der Waals surface area contributed by atoms with Gasteiger partial charge in [-0.2, -0.15) is 0 Å². The molecule has 6 heteroatoms. The van der Waals surface area contributed by atoms with Crippen LogP contribution in [0.5, 0.6) is 11.5 Å². The number of hydrogen-bond donors (Lipinski definition) is 1. The predicted molar refractivity (Wildman–Crippen MR) is 94.8 cm³/mol. The highest BCUT2D eigenvalue weighted by Gasteiger charge is 2.42. The fourth-order valence-corrected chi connectivity index (χ4v) is 4.42. The smallest absolute Gasteiger partial charge is 0.228 e. The minimum Gasteiger partial charge on any atom is -0.493 e. The number of likely N-dealkylation sites (tertiary alicyclic amines) is 1. The van der Waals surface area contributed by atoms with Crippen LogP contribution in [0.25, 0.3) is 0 Å². The van der Waals surface area contributed by atoms with Crippen molar-refractivity contribution >= 4 is 5.91 Å². The van der Waals surface area contributed by atoms with Crippen molar-refractivity contribution in [2.75, 3.05) is 40.4 Å². The van der Waals surface area contributed by atoms with Crippen molar-refractivity contribution in [1.29, 1.82) is 0 Å². The largest absolute Gasteiger partial charge is 0.493 e. The number of hydrogen-bond acceptors (Lipinski definition) is 5. The van der Waals surface area contributed by atoms with Crippen LogP contribution in [-0.4, -0.2) is 62.1 Å². The Kier molecular flexibility index (Phi) is 4.33. The zero-order valence-corrected chi connectivity index (χ0v) is 15.0. The van der Waals surface area contributed by atoms with Gasteiger partial charge in [0.2, 0.25) is 5.91 Å². The van der Waals surface area contributed by atoms with Crippen LogP contribution in [0.3, 0.4) is 0 Å². The molecule has 2 saturated heterocycles. The molecule has 6 nitrogen and oxygen atoms in total. The third kappa shape index (κ3) is 2.77. The van der Waals surface area contributed by atoms with Crippen molar-refractivity contribution in [2.45, 2.75) is 31.3 Å². The highest BCUT2D eigenvalue weighted by molar-refractivity contribution is 5.80. The number of fused-ring (bicyclic) bond motifs is 3. The van der Waals surface area contributed by atoms with E-state index in [0.29, 0.717) is 0 Å². The molecule has 3 heterocycles. The number of rotatable bonds is 3. The molecular formula is C19H27N3O3. The van der Waals surface area contributed by atoms with E-state index < -0.39 is 0 Å². The first-order valence-corrected chi connectivity index (χ1v) is 9.15. The summed E-state index contributed by atoms with van der Waals surface area (Å²) in [6.07, 6.45) is 2.90. The first kappa shape index (κ1) is 16.7. The Morgan fingerprint density at radius 1 is 1.16 bits per heavy atom. The Morgan fingerprint density at radius 3 is 2.52 bits per heavy atom. The third-order valence-corrected chi connectivity index (χ3v) is 6.04. The lowest BCUT2D eigenvalue weighted by Gasteiger charge is -2.47. The second kappa shape index (κ2) is 6.50. The van der Waals surface area contributed by atoms with Crippen molar-refractivity contribution in [3.05, 3.63) is 23.3 Å². The number of nitrogens with zero attached hydrogens (tertiary/aromatic N) is 2. The molecule has 0 saturated carbocycles. The predicted octanol–water partition coefficient (Wildman–Crippen LogP) is 1.18. The number of ether oxygens (including phenoxy) is 2. The van der Waals surface area contributed by atoms with E-state index in [9.17, 15) is 4.79 Å². The molecule has 25 heavy (non-hydrogen) atoms. The Morgan fingerprint density at radius 2 is 1.88 bits per heavy atom. The molecule has 2 N–H and O–H groups in total. The summed E-state index contributed by atoms with van der Waals surface area (Å²) in [7, 11) is 3.33. The van der Waals surface area contributed by atoms with Gasteiger partial charge in [0.15, 0.2) is 11.5 Å². The Balaban J connectivity index is 1.59. The monoisotopic (exact) mass is 345 g/mol. The summed E-state index contributed by atoms with van der Waals surface area (Å²) < 4.78 is 10.9. The van der Waals surface area contributed by atoms with Gasteiger partial charge in [-0.15, -0.1) is 0 Å². The van der Waals surface area contributed by atoms with Gasteiger partial charge in [0, 0.05) is 38.3 Å². The van der Waals surface area contributed by atoms with Crippen LogP contribution in [0.1, 0.15) is 30.0 Å². The van der Waals surface area contributed by atoms with Gasteiger partial charge < -0.3 is 20.1 Å². The maximum absolute atomic E-state index is 12.7. The molecule has 0 aliphatic carbocycles. The van der Waals surface area contributed by atoms with Crippen molar-refractivity contribution in [3.63, 3.8) is 0 Å². The van der Waals surface area contributed by atoms with Crippen molar-refractivity contribution < 1.29 is 14.3 Å². The van der Waals surface area contributed by atoms with Gasteiger partial charge in [-0.1, -0.05) is 0 Å². The zero-order chi connectivity index (χ0) is 17.6. The molecule has 3 aliphatic rings. The molecule has 3 aliphatic heterocycles. The number of benzene rings is 1. The van der Waals surface area contributed by atoms with E-state index in [4.69, 9.17) is 15.2 Å². The first-order chi connectivity index (χ1) is 12.1. The lowest BCUT2D eigenvalue weighted by molar-refractivity contribution is -0.142. The number of amides is 1. The fraction of sp³-hybridized carbons (Fsp3) is 0.632. The summed E-state index contributed by atoms with van der Waals surface area (Å²) >= 11 is 0. The number of methoxy groups -OCH3 is 2. The average molecular weight is 345 g/mol. The van der Waals surface area contributed by atoms with Crippen LogP contribution in [0.4, 0.5) is 0 Å². The molecule has 0 bridgehead atoms. The minimum absolute atomic E-state index is 0.0711. The maximum atomic E-state index is 12.7.